The summed E-state index contributed by atoms with van der Waals surface area (Å²) in [6.07, 6.45) is 0.703. The molecule has 0 fully saturated rings. The maximum atomic E-state index is 12.6. The first-order valence-corrected chi connectivity index (χ1v) is 9.61. The fourth-order valence-corrected chi connectivity index (χ4v) is 3.24. The number of aryl methyl sites for hydroxylation is 1. The number of methoxy groups -OCH3 is 1. The highest BCUT2D eigenvalue weighted by Crippen LogP contribution is 2.28. The van der Waals surface area contributed by atoms with Crippen molar-refractivity contribution in [1.29, 1.82) is 0 Å². The van der Waals surface area contributed by atoms with E-state index >= 15 is 0 Å². The summed E-state index contributed by atoms with van der Waals surface area (Å²) in [6.45, 7) is 1.93. The lowest BCUT2D eigenvalue weighted by Crippen LogP contribution is -2.18. The molecule has 3 aromatic rings. The number of nitro groups is 1. The van der Waals surface area contributed by atoms with Gasteiger partial charge in [-0.1, -0.05) is 30.4 Å². The number of carbonyl (C=O) groups is 2. The highest BCUT2D eigenvalue weighted by atomic mass is 32.1. The molecule has 0 saturated heterocycles. The molecule has 2 amide bonds. The third-order valence-electron chi connectivity index (χ3n) is 4.05. The summed E-state index contributed by atoms with van der Waals surface area (Å²) < 4.78 is 4.94. The van der Waals surface area contributed by atoms with Gasteiger partial charge in [0.05, 0.1) is 23.3 Å². The molecule has 10 nitrogen and oxygen atoms in total. The Morgan fingerprint density at radius 1 is 1.13 bits per heavy atom. The molecule has 3 rings (SSSR count). The van der Waals surface area contributed by atoms with Crippen LogP contribution in [0.1, 0.15) is 32.6 Å². The molecule has 11 heteroatoms. The van der Waals surface area contributed by atoms with Gasteiger partial charge in [0, 0.05) is 11.6 Å². The summed E-state index contributed by atoms with van der Waals surface area (Å²) in [5, 5.41) is 25.4. The summed E-state index contributed by atoms with van der Waals surface area (Å²) in [5.41, 5.74) is 0.175. The molecule has 0 saturated carbocycles. The first-order chi connectivity index (χ1) is 14.4. The van der Waals surface area contributed by atoms with Crippen LogP contribution >= 0.6 is 11.3 Å². The van der Waals surface area contributed by atoms with Crippen LogP contribution < -0.4 is 15.4 Å². The molecule has 0 spiro atoms. The van der Waals surface area contributed by atoms with E-state index in [4.69, 9.17) is 4.74 Å². The van der Waals surface area contributed by atoms with E-state index in [0.29, 0.717) is 11.6 Å². The lowest BCUT2D eigenvalue weighted by atomic mass is 10.1. The standard InChI is InChI=1S/C19H17N5O5S/c1-3-16-22-23-19(30-16)21-18(26)12-6-4-5-7-13(12)20-17(25)11-8-9-15(29-2)14(10-11)24(27)28/h4-10H,3H2,1-2H3,(H,20,25)(H,21,23,26). The molecule has 2 aromatic carbocycles. The van der Waals surface area contributed by atoms with Gasteiger partial charge in [-0.15, -0.1) is 10.2 Å². The van der Waals surface area contributed by atoms with Crippen molar-refractivity contribution in [2.24, 2.45) is 0 Å². The Bertz CT molecular complexity index is 1110. The van der Waals surface area contributed by atoms with Crippen molar-refractivity contribution in [2.45, 2.75) is 13.3 Å². The number of ether oxygens (including phenoxy) is 1. The SMILES string of the molecule is CCc1nnc(NC(=O)c2ccccc2NC(=O)c2ccc(OC)c([N+](=O)[O-])c2)s1. The third-order valence-corrected chi connectivity index (χ3v) is 5.03. The second-order valence-electron chi connectivity index (χ2n) is 5.95. The van der Waals surface area contributed by atoms with Crippen LogP contribution in [0.15, 0.2) is 42.5 Å². The number of nitrogens with zero attached hydrogens (tertiary/aromatic N) is 3. The highest BCUT2D eigenvalue weighted by molar-refractivity contribution is 7.15. The number of hydrogen-bond donors (Lipinski definition) is 2. The van der Waals surface area contributed by atoms with Crippen LogP contribution in [-0.4, -0.2) is 34.0 Å². The number of rotatable bonds is 7. The lowest BCUT2D eigenvalue weighted by Gasteiger charge is -2.11. The Kier molecular flexibility index (Phi) is 6.32. The average Bonchev–Trinajstić information content (AvgIpc) is 3.21. The van der Waals surface area contributed by atoms with Gasteiger partial charge in [-0.3, -0.25) is 25.0 Å². The Morgan fingerprint density at radius 3 is 2.57 bits per heavy atom. The second-order valence-corrected chi connectivity index (χ2v) is 7.01. The molecule has 0 aliphatic rings. The van der Waals surface area contributed by atoms with Crippen LogP contribution in [0.4, 0.5) is 16.5 Å². The monoisotopic (exact) mass is 427 g/mol. The van der Waals surface area contributed by atoms with Crippen molar-refractivity contribution in [3.05, 3.63) is 68.7 Å². The number of carbonyl (C=O) groups excluding carboxylic acids is 2. The molecule has 154 valence electrons. The van der Waals surface area contributed by atoms with Gasteiger partial charge in [0.25, 0.3) is 11.8 Å². The van der Waals surface area contributed by atoms with E-state index in [1.54, 1.807) is 24.3 Å². The van der Waals surface area contributed by atoms with Crippen molar-refractivity contribution in [3.8, 4) is 5.75 Å². The average molecular weight is 427 g/mol. The van der Waals surface area contributed by atoms with E-state index in [9.17, 15) is 19.7 Å². The van der Waals surface area contributed by atoms with Crippen molar-refractivity contribution < 1.29 is 19.2 Å². The minimum absolute atomic E-state index is 0.0415. The Balaban J connectivity index is 1.82. The van der Waals surface area contributed by atoms with Crippen molar-refractivity contribution in [1.82, 2.24) is 10.2 Å². The van der Waals surface area contributed by atoms with E-state index in [-0.39, 0.29) is 28.3 Å². The Labute approximate surface area is 175 Å². The number of aromatic nitrogens is 2. The molecular formula is C19H17N5O5S. The Hall–Kier alpha value is -3.86. The van der Waals surface area contributed by atoms with Gasteiger partial charge in [-0.2, -0.15) is 0 Å². The van der Waals surface area contributed by atoms with Crippen LogP contribution in [0, 0.1) is 10.1 Å². The molecule has 2 N–H and O–H groups in total. The van der Waals surface area contributed by atoms with Crippen LogP contribution in [-0.2, 0) is 6.42 Å². The van der Waals surface area contributed by atoms with Crippen LogP contribution in [0.5, 0.6) is 5.75 Å². The van der Waals surface area contributed by atoms with Gasteiger partial charge >= 0.3 is 5.69 Å². The zero-order chi connectivity index (χ0) is 21.7. The first kappa shape index (κ1) is 20.9. The summed E-state index contributed by atoms with van der Waals surface area (Å²) in [4.78, 5) is 35.8. The third kappa shape index (κ3) is 4.58. The second kappa shape index (κ2) is 9.09. The number of nitro benzene ring substituents is 1. The first-order valence-electron chi connectivity index (χ1n) is 8.79. The normalized spacial score (nSPS) is 10.3. The predicted molar refractivity (Wildman–Crippen MR) is 111 cm³/mol. The zero-order valence-corrected chi connectivity index (χ0v) is 16.9. The van der Waals surface area contributed by atoms with E-state index in [0.717, 1.165) is 11.1 Å². The number of anilines is 2. The largest absolute Gasteiger partial charge is 0.490 e. The lowest BCUT2D eigenvalue weighted by molar-refractivity contribution is -0.385. The number of benzene rings is 2. The van der Waals surface area contributed by atoms with Crippen molar-refractivity contribution >= 4 is 39.7 Å². The molecule has 30 heavy (non-hydrogen) atoms. The molecule has 0 aliphatic carbocycles. The summed E-state index contributed by atoms with van der Waals surface area (Å²) in [7, 11) is 1.30. The van der Waals surface area contributed by atoms with E-state index in [2.05, 4.69) is 20.8 Å². The van der Waals surface area contributed by atoms with Gasteiger partial charge in [-0.05, 0) is 30.7 Å². The van der Waals surface area contributed by atoms with E-state index in [1.807, 2.05) is 6.92 Å². The molecule has 0 bridgehead atoms. The molecular weight excluding hydrogens is 410 g/mol. The number of hydrogen-bond acceptors (Lipinski definition) is 8. The number of amides is 2. The minimum atomic E-state index is -0.635. The maximum absolute atomic E-state index is 12.6. The summed E-state index contributed by atoms with van der Waals surface area (Å²) in [5.74, 6) is -1.03. The molecule has 0 unspecified atom stereocenters. The van der Waals surface area contributed by atoms with Crippen LogP contribution in [0.2, 0.25) is 0 Å². The maximum Gasteiger partial charge on any atom is 0.311 e. The predicted octanol–water partition coefficient (Wildman–Crippen LogP) is 3.52. The zero-order valence-electron chi connectivity index (χ0n) is 16.0. The molecule has 1 aromatic heterocycles. The smallest absolute Gasteiger partial charge is 0.311 e. The van der Waals surface area contributed by atoms with E-state index < -0.39 is 16.7 Å². The van der Waals surface area contributed by atoms with Crippen LogP contribution in [0.3, 0.4) is 0 Å². The summed E-state index contributed by atoms with van der Waals surface area (Å²) >= 11 is 1.26. The fourth-order valence-electron chi connectivity index (χ4n) is 2.57. The topological polar surface area (TPSA) is 136 Å². The quantitative estimate of drug-likeness (QED) is 0.435. The van der Waals surface area contributed by atoms with E-state index in [1.165, 1.54) is 30.6 Å². The Morgan fingerprint density at radius 2 is 1.90 bits per heavy atom. The molecule has 0 atom stereocenters. The van der Waals surface area contributed by atoms with Gasteiger partial charge in [-0.25, -0.2) is 0 Å². The minimum Gasteiger partial charge on any atom is -0.490 e. The molecule has 0 aliphatic heterocycles. The molecule has 1 heterocycles. The van der Waals surface area contributed by atoms with Crippen molar-refractivity contribution in [2.75, 3.05) is 17.7 Å². The fraction of sp³-hybridized carbons (Fsp3) is 0.158. The van der Waals surface area contributed by atoms with Crippen molar-refractivity contribution in [3.63, 3.8) is 0 Å². The number of para-hydroxylation sites is 1. The molecule has 0 radical (unpaired) electrons. The van der Waals surface area contributed by atoms with Gasteiger partial charge in [0.1, 0.15) is 5.01 Å². The highest BCUT2D eigenvalue weighted by Gasteiger charge is 2.20. The summed E-state index contributed by atoms with van der Waals surface area (Å²) in [6, 6.07) is 10.3. The van der Waals surface area contributed by atoms with Gasteiger partial charge < -0.3 is 10.1 Å². The van der Waals surface area contributed by atoms with Crippen LogP contribution in [0.25, 0.3) is 0 Å². The van der Waals surface area contributed by atoms with Gasteiger partial charge in [0.15, 0.2) is 5.75 Å². The number of nitrogens with one attached hydrogen (secondary N) is 2. The van der Waals surface area contributed by atoms with Gasteiger partial charge in [0.2, 0.25) is 5.13 Å².